The van der Waals surface area contributed by atoms with Gasteiger partial charge in [0.2, 0.25) is 0 Å². The first kappa shape index (κ1) is 18.4. The Morgan fingerprint density at radius 2 is 1.06 bits per heavy atom. The van der Waals surface area contributed by atoms with E-state index in [9.17, 15) is 0 Å². The fourth-order valence-electron chi connectivity index (χ4n) is 2.58. The lowest BCUT2D eigenvalue weighted by Crippen LogP contribution is -2.49. The zero-order chi connectivity index (χ0) is 13.7. The lowest BCUT2D eigenvalue weighted by Gasteiger charge is -2.37. The van der Waals surface area contributed by atoms with E-state index >= 15 is 0 Å². The van der Waals surface area contributed by atoms with Crippen molar-refractivity contribution in [2.75, 3.05) is 25.1 Å². The van der Waals surface area contributed by atoms with Gasteiger partial charge in [0.1, 0.15) is 5.45 Å². The summed E-state index contributed by atoms with van der Waals surface area (Å²) in [5.41, 5.74) is 1.16. The molecule has 1 unspecified atom stereocenters. The zero-order valence-corrected chi connectivity index (χ0v) is 14.6. The van der Waals surface area contributed by atoms with Crippen molar-refractivity contribution in [1.82, 2.24) is 0 Å². The maximum atomic E-state index is 3.80. The third-order valence-corrected chi connectivity index (χ3v) is 5.03. The van der Waals surface area contributed by atoms with Crippen LogP contribution in [0.1, 0.15) is 78.6 Å². The molecule has 0 bridgehead atoms. The van der Waals surface area contributed by atoms with E-state index in [4.69, 9.17) is 0 Å². The van der Waals surface area contributed by atoms with Crippen LogP contribution >= 0.6 is 15.9 Å². The first-order valence-corrected chi connectivity index (χ1v) is 9.27. The summed E-state index contributed by atoms with van der Waals surface area (Å²) in [4.78, 5) is 0. The number of rotatable bonds is 13. The fourth-order valence-corrected chi connectivity index (χ4v) is 3.33. The molecular weight excluding hydrogens is 286 g/mol. The van der Waals surface area contributed by atoms with Crippen molar-refractivity contribution in [2.24, 2.45) is 0 Å². The van der Waals surface area contributed by atoms with E-state index in [0.717, 1.165) is 5.45 Å². The molecule has 0 saturated carbocycles. The van der Waals surface area contributed by atoms with Gasteiger partial charge in [-0.1, -0.05) is 46.5 Å². The Morgan fingerprint density at radius 1 is 0.611 bits per heavy atom. The molecule has 0 aliphatic rings. The van der Waals surface area contributed by atoms with E-state index in [0.29, 0.717) is 0 Å². The third kappa shape index (κ3) is 8.53. The van der Waals surface area contributed by atoms with Crippen LogP contribution in [0.5, 0.6) is 0 Å². The van der Waals surface area contributed by atoms with Crippen molar-refractivity contribution in [3.05, 3.63) is 0 Å². The van der Waals surface area contributed by atoms with Crippen molar-refractivity contribution in [3.8, 4) is 0 Å². The molecule has 0 aliphatic carbocycles. The molecule has 0 aliphatic heterocycles. The Morgan fingerprint density at radius 3 is 1.56 bits per heavy atom. The molecule has 0 spiro atoms. The molecule has 0 aromatic heterocycles. The highest BCUT2D eigenvalue weighted by atomic mass is 79.9. The van der Waals surface area contributed by atoms with Crippen LogP contribution < -0.4 is 0 Å². The van der Waals surface area contributed by atoms with Crippen LogP contribution in [0.15, 0.2) is 0 Å². The van der Waals surface area contributed by atoms with E-state index < -0.39 is 0 Å². The minimum atomic E-state index is 1.16. The summed E-state index contributed by atoms with van der Waals surface area (Å²) in [6.07, 6.45) is 12.4. The van der Waals surface area contributed by atoms with Gasteiger partial charge >= 0.3 is 0 Å². The first-order chi connectivity index (χ1) is 8.74. The predicted molar refractivity (Wildman–Crippen MR) is 87.2 cm³/mol. The van der Waals surface area contributed by atoms with Crippen LogP contribution in [0, 0.1) is 0 Å². The molecule has 0 radical (unpaired) electrons. The summed E-state index contributed by atoms with van der Waals surface area (Å²) in [6.45, 7) is 11.0. The molecule has 0 heterocycles. The highest BCUT2D eigenvalue weighted by Gasteiger charge is 2.24. The number of quaternary nitrogens is 1. The van der Waals surface area contributed by atoms with Gasteiger partial charge in [-0.25, -0.2) is 0 Å². The van der Waals surface area contributed by atoms with Gasteiger partial charge in [-0.3, -0.25) is 0 Å². The Balaban J connectivity index is 4.15. The monoisotopic (exact) mass is 320 g/mol. The predicted octanol–water partition coefficient (Wildman–Crippen LogP) is 5.73. The van der Waals surface area contributed by atoms with Gasteiger partial charge in [0.25, 0.3) is 0 Å². The highest BCUT2D eigenvalue weighted by molar-refractivity contribution is 9.09. The van der Waals surface area contributed by atoms with Crippen molar-refractivity contribution < 1.29 is 4.48 Å². The van der Waals surface area contributed by atoms with E-state index in [1.165, 1.54) is 81.9 Å². The second-order valence-corrected chi connectivity index (χ2v) is 6.25. The van der Waals surface area contributed by atoms with Crippen molar-refractivity contribution >= 4 is 15.9 Å². The molecule has 0 fully saturated rings. The van der Waals surface area contributed by atoms with Gasteiger partial charge < -0.3 is 4.48 Å². The summed E-state index contributed by atoms with van der Waals surface area (Å²) in [5.74, 6) is 0. The average Bonchev–Trinajstić information content (AvgIpc) is 2.40. The van der Waals surface area contributed by atoms with Crippen LogP contribution in [-0.4, -0.2) is 29.6 Å². The van der Waals surface area contributed by atoms with E-state index in [1.54, 1.807) is 0 Å². The van der Waals surface area contributed by atoms with Crippen LogP contribution in [-0.2, 0) is 0 Å². The standard InChI is InChI=1S/C16H35BrN/c1-4-7-10-12-15-18(16-17,13-9-6-3)14-11-8-5-2/h4-16H2,1-3H3/q+1. The summed E-state index contributed by atoms with van der Waals surface area (Å²) in [5, 5.41) is 0. The lowest BCUT2D eigenvalue weighted by atomic mass is 10.1. The van der Waals surface area contributed by atoms with E-state index in [-0.39, 0.29) is 0 Å². The van der Waals surface area contributed by atoms with Crippen molar-refractivity contribution in [2.45, 2.75) is 78.6 Å². The Bertz CT molecular complexity index is 172. The van der Waals surface area contributed by atoms with Crippen LogP contribution in [0.2, 0.25) is 0 Å². The van der Waals surface area contributed by atoms with Gasteiger partial charge in [0.15, 0.2) is 0 Å². The molecular formula is C16H35BrN+. The number of hydrogen-bond acceptors (Lipinski definition) is 0. The fraction of sp³-hybridized carbons (Fsp3) is 1.00. The molecule has 1 nitrogen and oxygen atoms in total. The second-order valence-electron chi connectivity index (χ2n) is 5.75. The largest absolute Gasteiger partial charge is 0.315 e. The van der Waals surface area contributed by atoms with Crippen LogP contribution in [0.4, 0.5) is 0 Å². The number of nitrogens with zero attached hydrogens (tertiary/aromatic N) is 1. The van der Waals surface area contributed by atoms with Crippen LogP contribution in [0.3, 0.4) is 0 Å². The number of hydrogen-bond donors (Lipinski definition) is 0. The SMILES string of the molecule is CCCCCC[N+](CBr)(CCCC)CCCCC. The smallest absolute Gasteiger partial charge is 0.134 e. The zero-order valence-electron chi connectivity index (χ0n) is 13.0. The van der Waals surface area contributed by atoms with Gasteiger partial charge in [-0.2, -0.15) is 0 Å². The normalized spacial score (nSPS) is 14.7. The molecule has 0 saturated heterocycles. The Labute approximate surface area is 124 Å². The first-order valence-electron chi connectivity index (χ1n) is 8.15. The molecule has 0 N–H and O–H groups in total. The maximum Gasteiger partial charge on any atom is 0.134 e. The molecule has 18 heavy (non-hydrogen) atoms. The van der Waals surface area contributed by atoms with E-state index in [1.807, 2.05) is 0 Å². The van der Waals surface area contributed by atoms with Crippen LogP contribution in [0.25, 0.3) is 0 Å². The Kier molecular flexibility index (Phi) is 12.8. The number of unbranched alkanes of at least 4 members (excludes halogenated alkanes) is 6. The molecule has 2 heteroatoms. The highest BCUT2D eigenvalue weighted by Crippen LogP contribution is 2.17. The number of alkyl halides is 1. The average molecular weight is 321 g/mol. The van der Waals surface area contributed by atoms with Gasteiger partial charge in [0, 0.05) is 0 Å². The number of halogens is 1. The molecule has 110 valence electrons. The minimum absolute atomic E-state index is 1.16. The quantitative estimate of drug-likeness (QED) is 0.176. The van der Waals surface area contributed by atoms with E-state index in [2.05, 4.69) is 36.7 Å². The van der Waals surface area contributed by atoms with Gasteiger partial charge in [0.05, 0.1) is 19.6 Å². The summed E-state index contributed by atoms with van der Waals surface area (Å²) in [7, 11) is 0. The summed E-state index contributed by atoms with van der Waals surface area (Å²) in [6, 6.07) is 0. The summed E-state index contributed by atoms with van der Waals surface area (Å²) >= 11 is 3.80. The molecule has 1 atom stereocenters. The molecule has 0 aromatic carbocycles. The van der Waals surface area contributed by atoms with Crippen molar-refractivity contribution in [3.63, 3.8) is 0 Å². The molecule has 0 aromatic rings. The lowest BCUT2D eigenvalue weighted by molar-refractivity contribution is -0.915. The second kappa shape index (κ2) is 12.5. The molecule has 0 rings (SSSR count). The van der Waals surface area contributed by atoms with Gasteiger partial charge in [-0.15, -0.1) is 0 Å². The van der Waals surface area contributed by atoms with Gasteiger partial charge in [-0.05, 0) is 48.0 Å². The minimum Gasteiger partial charge on any atom is -0.315 e. The summed E-state index contributed by atoms with van der Waals surface area (Å²) < 4.78 is 1.32. The Hall–Kier alpha value is 0.440. The maximum absolute atomic E-state index is 3.80. The third-order valence-electron chi connectivity index (χ3n) is 3.96. The molecule has 0 amide bonds. The topological polar surface area (TPSA) is 0 Å². The van der Waals surface area contributed by atoms with Crippen molar-refractivity contribution in [1.29, 1.82) is 0 Å².